The first-order chi connectivity index (χ1) is 17.9. The number of hydrogen-bond donors (Lipinski definition) is 0. The van der Waals surface area contributed by atoms with Crippen LogP contribution in [-0.2, 0) is 0 Å². The normalized spacial score (nSPS) is 9.70. The average molecular weight is 537 g/mol. The van der Waals surface area contributed by atoms with E-state index in [1.807, 2.05) is 12.1 Å². The zero-order chi connectivity index (χ0) is 26.8. The maximum Gasteiger partial charge on any atom is 0.211 e. The fourth-order valence-corrected chi connectivity index (χ4v) is 3.42. The molecule has 0 saturated heterocycles. The molecule has 0 bridgehead atoms. The van der Waals surface area contributed by atoms with Crippen molar-refractivity contribution in [3.05, 3.63) is 106 Å². The minimum Gasteiger partial charge on any atom is -0.493 e. The Morgan fingerprint density at radius 3 is 1.57 bits per heavy atom. The predicted octanol–water partition coefficient (Wildman–Crippen LogP) is 8.16. The lowest BCUT2D eigenvalue weighted by molar-refractivity contribution is 0.346. The summed E-state index contributed by atoms with van der Waals surface area (Å²) in [5, 5.41) is 18.1. The number of ether oxygens (including phenoxy) is 4. The van der Waals surface area contributed by atoms with Crippen LogP contribution < -0.4 is 18.9 Å². The molecule has 0 aliphatic carbocycles. The molecule has 9 heteroatoms. The van der Waals surface area contributed by atoms with E-state index in [-0.39, 0.29) is 10.8 Å². The fourth-order valence-electron chi connectivity index (χ4n) is 2.98. The second-order valence-electron chi connectivity index (χ2n) is 7.14. The maximum absolute atomic E-state index is 13.3. The monoisotopic (exact) mass is 536 g/mol. The molecule has 0 aliphatic heterocycles. The Balaban J connectivity index is 0.000000208. The third-order valence-electron chi connectivity index (χ3n) is 4.77. The van der Waals surface area contributed by atoms with E-state index in [2.05, 4.69) is 0 Å². The van der Waals surface area contributed by atoms with Gasteiger partial charge in [0.15, 0.2) is 23.1 Å². The average Bonchev–Trinajstić information content (AvgIpc) is 2.92. The van der Waals surface area contributed by atoms with Crippen LogP contribution in [0.15, 0.2) is 78.9 Å². The van der Waals surface area contributed by atoms with Crippen molar-refractivity contribution in [1.29, 1.82) is 10.5 Å². The largest absolute Gasteiger partial charge is 0.493 e. The van der Waals surface area contributed by atoms with Crippen molar-refractivity contribution in [2.24, 2.45) is 0 Å². The summed E-state index contributed by atoms with van der Waals surface area (Å²) in [5.74, 6) is 1.87. The molecule has 0 fully saturated rings. The molecule has 4 aromatic carbocycles. The van der Waals surface area contributed by atoms with Crippen molar-refractivity contribution in [2.75, 3.05) is 14.2 Å². The van der Waals surface area contributed by atoms with Gasteiger partial charge >= 0.3 is 0 Å². The Morgan fingerprint density at radius 2 is 1.11 bits per heavy atom. The summed E-state index contributed by atoms with van der Waals surface area (Å²) in [5.41, 5.74) is 0.894. The van der Waals surface area contributed by atoms with Crippen molar-refractivity contribution in [2.45, 2.75) is 0 Å². The van der Waals surface area contributed by atoms with Crippen LogP contribution in [0.1, 0.15) is 11.1 Å². The number of nitrogens with zero attached hydrogens (tertiary/aromatic N) is 2. The molecule has 0 N–H and O–H groups in total. The maximum atomic E-state index is 13.3. The summed E-state index contributed by atoms with van der Waals surface area (Å²) in [6, 6.07) is 24.7. The third-order valence-corrected chi connectivity index (χ3v) is 5.36. The number of para-hydroxylation sites is 2. The Kier molecular flexibility index (Phi) is 9.57. The number of halogens is 3. The van der Waals surface area contributed by atoms with Crippen molar-refractivity contribution < 1.29 is 23.3 Å². The van der Waals surface area contributed by atoms with Gasteiger partial charge in [0.05, 0.1) is 47.5 Å². The van der Waals surface area contributed by atoms with Crippen LogP contribution in [0.2, 0.25) is 10.0 Å². The highest BCUT2D eigenvalue weighted by Gasteiger charge is 2.14. The topological polar surface area (TPSA) is 84.5 Å². The first-order valence-electron chi connectivity index (χ1n) is 10.6. The van der Waals surface area contributed by atoms with Crippen LogP contribution >= 0.6 is 23.2 Å². The SMILES string of the molecule is COc1cccc(OC)c1Oc1ccc(C#N)cc1Cl.N#Cc1ccc(Oc2ccccc2F)c(Cl)c1. The molecule has 0 aromatic heterocycles. The van der Waals surface area contributed by atoms with E-state index in [0.29, 0.717) is 44.9 Å². The van der Waals surface area contributed by atoms with Gasteiger partial charge in [0.1, 0.15) is 11.5 Å². The second kappa shape index (κ2) is 13.0. The van der Waals surface area contributed by atoms with Crippen LogP contribution in [-0.4, -0.2) is 14.2 Å². The summed E-state index contributed by atoms with van der Waals surface area (Å²) in [7, 11) is 3.09. The van der Waals surface area contributed by atoms with E-state index < -0.39 is 5.82 Å². The van der Waals surface area contributed by atoms with E-state index in [9.17, 15) is 4.39 Å². The van der Waals surface area contributed by atoms with Crippen LogP contribution in [0.25, 0.3) is 0 Å². The smallest absolute Gasteiger partial charge is 0.211 e. The predicted molar refractivity (Wildman–Crippen MR) is 138 cm³/mol. The summed E-state index contributed by atoms with van der Waals surface area (Å²) in [4.78, 5) is 0. The van der Waals surface area contributed by atoms with Gasteiger partial charge in [0.2, 0.25) is 5.75 Å². The molecule has 0 spiro atoms. The lowest BCUT2D eigenvalue weighted by atomic mass is 10.2. The molecule has 37 heavy (non-hydrogen) atoms. The number of benzene rings is 4. The highest BCUT2D eigenvalue weighted by atomic mass is 35.5. The van der Waals surface area contributed by atoms with Crippen LogP contribution in [0.3, 0.4) is 0 Å². The molecule has 0 saturated carbocycles. The van der Waals surface area contributed by atoms with Gasteiger partial charge in [-0.3, -0.25) is 0 Å². The number of nitriles is 2. The van der Waals surface area contributed by atoms with Crippen molar-refractivity contribution in [1.82, 2.24) is 0 Å². The minimum absolute atomic E-state index is 0.0964. The fraction of sp³-hybridized carbons (Fsp3) is 0.0714. The molecule has 4 rings (SSSR count). The van der Waals surface area contributed by atoms with Gasteiger partial charge in [0.25, 0.3) is 0 Å². The lowest BCUT2D eigenvalue weighted by Gasteiger charge is -2.14. The Labute approximate surface area is 223 Å². The molecule has 6 nitrogen and oxygen atoms in total. The first kappa shape index (κ1) is 27.2. The molecule has 0 aliphatic rings. The molecule has 0 atom stereocenters. The molecular formula is C28H19Cl2FN2O4. The molecule has 0 radical (unpaired) electrons. The van der Waals surface area contributed by atoms with Gasteiger partial charge in [-0.05, 0) is 60.7 Å². The standard InChI is InChI=1S/C15H12ClNO3.C13H7ClFNO/c1-18-13-4-3-5-14(19-2)15(13)20-12-7-6-10(9-17)8-11(12)16;14-10-7-9(8-16)5-6-12(10)17-13-4-2-1-3-11(13)15/h3-8H,1-2H3;1-7H. The van der Waals surface area contributed by atoms with E-state index >= 15 is 0 Å². The van der Waals surface area contributed by atoms with Crippen LogP contribution in [0.5, 0.6) is 34.5 Å². The molecule has 186 valence electrons. The molecule has 0 unspecified atom stereocenters. The molecule has 4 aromatic rings. The highest BCUT2D eigenvalue weighted by Crippen LogP contribution is 2.41. The van der Waals surface area contributed by atoms with E-state index in [1.54, 1.807) is 68.8 Å². The summed E-state index contributed by atoms with van der Waals surface area (Å²) in [6.07, 6.45) is 0. The first-order valence-corrected chi connectivity index (χ1v) is 11.4. The van der Waals surface area contributed by atoms with Gasteiger partial charge in [-0.1, -0.05) is 41.4 Å². The molecule has 0 heterocycles. The van der Waals surface area contributed by atoms with Crippen LogP contribution in [0, 0.1) is 28.5 Å². The quantitative estimate of drug-likeness (QED) is 0.247. The van der Waals surface area contributed by atoms with E-state index in [0.717, 1.165) is 0 Å². The van der Waals surface area contributed by atoms with E-state index in [1.165, 1.54) is 24.3 Å². The summed E-state index contributed by atoms with van der Waals surface area (Å²) >= 11 is 12.0. The van der Waals surface area contributed by atoms with Gasteiger partial charge in [-0.25, -0.2) is 4.39 Å². The van der Waals surface area contributed by atoms with Gasteiger partial charge in [0, 0.05) is 0 Å². The van der Waals surface area contributed by atoms with Crippen molar-refractivity contribution in [3.8, 4) is 46.6 Å². The number of hydrogen-bond acceptors (Lipinski definition) is 6. The Morgan fingerprint density at radius 1 is 0.622 bits per heavy atom. The second-order valence-corrected chi connectivity index (χ2v) is 7.95. The van der Waals surface area contributed by atoms with Gasteiger partial charge < -0.3 is 18.9 Å². The third kappa shape index (κ3) is 7.05. The molecular weight excluding hydrogens is 518 g/mol. The Hall–Kier alpha value is -4.43. The zero-order valence-electron chi connectivity index (χ0n) is 19.7. The molecule has 0 amide bonds. The van der Waals surface area contributed by atoms with Crippen molar-refractivity contribution in [3.63, 3.8) is 0 Å². The minimum atomic E-state index is -0.465. The lowest BCUT2D eigenvalue weighted by Crippen LogP contribution is -1.95. The van der Waals surface area contributed by atoms with Gasteiger partial charge in [-0.2, -0.15) is 10.5 Å². The summed E-state index contributed by atoms with van der Waals surface area (Å²) in [6.45, 7) is 0. The number of methoxy groups -OCH3 is 2. The Bertz CT molecular complexity index is 1460. The van der Waals surface area contributed by atoms with Crippen molar-refractivity contribution >= 4 is 23.2 Å². The highest BCUT2D eigenvalue weighted by molar-refractivity contribution is 6.32. The van der Waals surface area contributed by atoms with E-state index in [4.69, 9.17) is 52.7 Å². The number of rotatable bonds is 6. The summed E-state index contributed by atoms with van der Waals surface area (Å²) < 4.78 is 34.9. The van der Waals surface area contributed by atoms with Crippen LogP contribution in [0.4, 0.5) is 4.39 Å². The zero-order valence-corrected chi connectivity index (χ0v) is 21.2. The van der Waals surface area contributed by atoms with Gasteiger partial charge in [-0.15, -0.1) is 0 Å².